The van der Waals surface area contributed by atoms with Crippen LogP contribution in [0.4, 0.5) is 0 Å². The molecule has 1 aliphatic rings. The molecule has 1 atom stereocenters. The van der Waals surface area contributed by atoms with Crippen LogP contribution in [0.25, 0.3) is 0 Å². The van der Waals surface area contributed by atoms with Crippen LogP contribution in [0.2, 0.25) is 0 Å². The summed E-state index contributed by atoms with van der Waals surface area (Å²) in [7, 11) is 0. The highest BCUT2D eigenvalue weighted by atomic mass is 16.2. The molecule has 0 radical (unpaired) electrons. The molecule has 5 heteroatoms. The van der Waals surface area contributed by atoms with E-state index in [4.69, 9.17) is 0 Å². The summed E-state index contributed by atoms with van der Waals surface area (Å²) in [6.45, 7) is 5.05. The van der Waals surface area contributed by atoms with Crippen LogP contribution >= 0.6 is 0 Å². The van der Waals surface area contributed by atoms with Crippen molar-refractivity contribution in [1.82, 2.24) is 15.2 Å². The molecule has 5 nitrogen and oxygen atoms in total. The zero-order valence-corrected chi connectivity index (χ0v) is 14.0. The van der Waals surface area contributed by atoms with Gasteiger partial charge < -0.3 is 10.2 Å². The molecule has 2 amide bonds. The number of hydrogen-bond acceptors (Lipinski definition) is 3. The average Bonchev–Trinajstić information content (AvgIpc) is 3.05. The average molecular weight is 323 g/mol. The minimum Gasteiger partial charge on any atom is -0.347 e. The van der Waals surface area contributed by atoms with E-state index in [9.17, 15) is 9.59 Å². The second kappa shape index (κ2) is 6.83. The summed E-state index contributed by atoms with van der Waals surface area (Å²) in [5.41, 5.74) is 3.16. The highest BCUT2D eigenvalue weighted by Crippen LogP contribution is 2.15. The summed E-state index contributed by atoms with van der Waals surface area (Å²) in [5, 5.41) is 3.05. The van der Waals surface area contributed by atoms with Crippen molar-refractivity contribution in [3.63, 3.8) is 0 Å². The SMILES string of the molecule is Cc1ccc(C)c(C(=O)NC2CCN(C(=O)c3ccccn3)C2)c1. The van der Waals surface area contributed by atoms with Crippen LogP contribution < -0.4 is 5.32 Å². The first-order valence-electron chi connectivity index (χ1n) is 8.13. The van der Waals surface area contributed by atoms with Gasteiger partial charge in [-0.25, -0.2) is 0 Å². The third-order valence-electron chi connectivity index (χ3n) is 4.33. The molecule has 0 spiro atoms. The Morgan fingerprint density at radius 3 is 2.79 bits per heavy atom. The van der Waals surface area contributed by atoms with E-state index < -0.39 is 0 Å². The Labute approximate surface area is 141 Å². The lowest BCUT2D eigenvalue weighted by molar-refractivity contribution is 0.0777. The van der Waals surface area contributed by atoms with Gasteiger partial charge in [-0.05, 0) is 44.0 Å². The minimum atomic E-state index is -0.0842. The van der Waals surface area contributed by atoms with Crippen molar-refractivity contribution in [1.29, 1.82) is 0 Å². The van der Waals surface area contributed by atoms with E-state index in [1.807, 2.05) is 32.0 Å². The highest BCUT2D eigenvalue weighted by molar-refractivity contribution is 5.96. The summed E-state index contributed by atoms with van der Waals surface area (Å²) < 4.78 is 0. The molecule has 1 unspecified atom stereocenters. The van der Waals surface area contributed by atoms with Gasteiger partial charge in [0.25, 0.3) is 11.8 Å². The molecule has 1 saturated heterocycles. The Morgan fingerprint density at radius 1 is 1.21 bits per heavy atom. The van der Waals surface area contributed by atoms with Crippen LogP contribution in [0.1, 0.15) is 38.4 Å². The Bertz CT molecular complexity index is 758. The third kappa shape index (κ3) is 3.45. The molecule has 1 N–H and O–H groups in total. The minimum absolute atomic E-state index is 0.0231. The molecule has 1 aromatic heterocycles. The van der Waals surface area contributed by atoms with Gasteiger partial charge in [-0.15, -0.1) is 0 Å². The molecule has 2 heterocycles. The van der Waals surface area contributed by atoms with Crippen molar-refractivity contribution in [3.8, 4) is 0 Å². The fourth-order valence-corrected chi connectivity index (χ4v) is 2.96. The molecule has 0 saturated carbocycles. The van der Waals surface area contributed by atoms with Gasteiger partial charge >= 0.3 is 0 Å². The van der Waals surface area contributed by atoms with Gasteiger partial charge in [0, 0.05) is 30.9 Å². The van der Waals surface area contributed by atoms with Gasteiger partial charge in [0.15, 0.2) is 0 Å². The summed E-state index contributed by atoms with van der Waals surface area (Å²) in [6, 6.07) is 11.1. The van der Waals surface area contributed by atoms with Gasteiger partial charge in [0.1, 0.15) is 5.69 Å². The number of pyridine rings is 1. The summed E-state index contributed by atoms with van der Waals surface area (Å²) >= 11 is 0. The topological polar surface area (TPSA) is 62.3 Å². The number of hydrogen-bond donors (Lipinski definition) is 1. The Balaban J connectivity index is 1.63. The summed E-state index contributed by atoms with van der Waals surface area (Å²) in [6.07, 6.45) is 2.37. The lowest BCUT2D eigenvalue weighted by Crippen LogP contribution is -2.38. The number of benzene rings is 1. The van der Waals surface area contributed by atoms with Crippen molar-refractivity contribution in [2.45, 2.75) is 26.3 Å². The number of carbonyl (C=O) groups is 2. The van der Waals surface area contributed by atoms with Crippen LogP contribution in [0.3, 0.4) is 0 Å². The number of likely N-dealkylation sites (tertiary alicyclic amines) is 1. The monoisotopic (exact) mass is 323 g/mol. The van der Waals surface area contributed by atoms with Crippen LogP contribution in [0.15, 0.2) is 42.6 Å². The van der Waals surface area contributed by atoms with Crippen molar-refractivity contribution in [3.05, 3.63) is 65.0 Å². The summed E-state index contributed by atoms with van der Waals surface area (Å²) in [4.78, 5) is 30.7. The first-order chi connectivity index (χ1) is 11.5. The van der Waals surface area contributed by atoms with E-state index in [2.05, 4.69) is 10.3 Å². The van der Waals surface area contributed by atoms with E-state index in [-0.39, 0.29) is 17.9 Å². The number of nitrogens with one attached hydrogen (secondary N) is 1. The Kier molecular flexibility index (Phi) is 4.60. The third-order valence-corrected chi connectivity index (χ3v) is 4.33. The van der Waals surface area contributed by atoms with Crippen LogP contribution in [-0.4, -0.2) is 40.8 Å². The maximum Gasteiger partial charge on any atom is 0.272 e. The Hall–Kier alpha value is -2.69. The van der Waals surface area contributed by atoms with Gasteiger partial charge in [0.2, 0.25) is 0 Å². The molecule has 24 heavy (non-hydrogen) atoms. The van der Waals surface area contributed by atoms with Gasteiger partial charge in [-0.3, -0.25) is 14.6 Å². The highest BCUT2D eigenvalue weighted by Gasteiger charge is 2.28. The van der Waals surface area contributed by atoms with Crippen LogP contribution in [-0.2, 0) is 0 Å². The predicted octanol–water partition coefficient (Wildman–Crippen LogP) is 2.34. The number of carbonyl (C=O) groups excluding carboxylic acids is 2. The number of amides is 2. The van der Waals surface area contributed by atoms with Gasteiger partial charge in [0.05, 0.1) is 0 Å². The maximum absolute atomic E-state index is 12.5. The standard InChI is InChI=1S/C19H21N3O2/c1-13-6-7-14(2)16(11-13)18(23)21-15-8-10-22(12-15)19(24)17-5-3-4-9-20-17/h3-7,9,11,15H,8,10,12H2,1-2H3,(H,21,23). The maximum atomic E-state index is 12.5. The van der Waals surface area contributed by atoms with E-state index in [1.54, 1.807) is 29.3 Å². The molecular formula is C19H21N3O2. The van der Waals surface area contributed by atoms with Crippen LogP contribution in [0.5, 0.6) is 0 Å². The molecule has 1 fully saturated rings. The predicted molar refractivity (Wildman–Crippen MR) is 91.9 cm³/mol. The largest absolute Gasteiger partial charge is 0.347 e. The lowest BCUT2D eigenvalue weighted by Gasteiger charge is -2.17. The van der Waals surface area contributed by atoms with Crippen molar-refractivity contribution in [2.24, 2.45) is 0 Å². The molecule has 1 aromatic carbocycles. The molecule has 0 aliphatic carbocycles. The van der Waals surface area contributed by atoms with Gasteiger partial charge in [-0.1, -0.05) is 23.8 Å². The number of nitrogens with zero attached hydrogens (tertiary/aromatic N) is 2. The molecular weight excluding hydrogens is 302 g/mol. The van der Waals surface area contributed by atoms with E-state index in [1.165, 1.54) is 0 Å². The van der Waals surface area contributed by atoms with E-state index >= 15 is 0 Å². The van der Waals surface area contributed by atoms with Crippen LogP contribution in [0, 0.1) is 13.8 Å². The van der Waals surface area contributed by atoms with E-state index in [0.29, 0.717) is 24.3 Å². The zero-order chi connectivity index (χ0) is 17.1. The lowest BCUT2D eigenvalue weighted by atomic mass is 10.0. The van der Waals surface area contributed by atoms with E-state index in [0.717, 1.165) is 17.5 Å². The van der Waals surface area contributed by atoms with Crippen molar-refractivity contribution in [2.75, 3.05) is 13.1 Å². The normalized spacial score (nSPS) is 16.9. The second-order valence-corrected chi connectivity index (χ2v) is 6.24. The number of aromatic nitrogens is 1. The Morgan fingerprint density at radius 2 is 2.04 bits per heavy atom. The van der Waals surface area contributed by atoms with Crippen molar-refractivity contribution < 1.29 is 9.59 Å². The fourth-order valence-electron chi connectivity index (χ4n) is 2.96. The van der Waals surface area contributed by atoms with Crippen molar-refractivity contribution >= 4 is 11.8 Å². The molecule has 124 valence electrons. The quantitative estimate of drug-likeness (QED) is 0.943. The molecule has 0 bridgehead atoms. The number of rotatable bonds is 3. The molecule has 3 rings (SSSR count). The first kappa shape index (κ1) is 16.2. The smallest absolute Gasteiger partial charge is 0.272 e. The zero-order valence-electron chi connectivity index (χ0n) is 14.0. The number of aryl methyl sites for hydroxylation is 2. The fraction of sp³-hybridized carbons (Fsp3) is 0.316. The molecule has 2 aromatic rings. The second-order valence-electron chi connectivity index (χ2n) is 6.24. The summed E-state index contributed by atoms with van der Waals surface area (Å²) in [5.74, 6) is -0.160. The van der Waals surface area contributed by atoms with Gasteiger partial charge in [-0.2, -0.15) is 0 Å². The first-order valence-corrected chi connectivity index (χ1v) is 8.13. The molecule has 1 aliphatic heterocycles.